The molecule has 0 radical (unpaired) electrons. The Balaban J connectivity index is 4.11. The number of rotatable bonds is 1. The Morgan fingerprint density at radius 2 is 2.36 bits per heavy atom. The van der Waals surface area contributed by atoms with Crippen molar-refractivity contribution in [1.29, 1.82) is 0 Å². The van der Waals surface area contributed by atoms with Gasteiger partial charge in [-0.05, 0) is 15.9 Å². The molecule has 0 saturated carbocycles. The largest absolute Gasteiger partial charge is 0.465 e. The van der Waals surface area contributed by atoms with Gasteiger partial charge in [0.05, 0.1) is 12.4 Å². The van der Waals surface area contributed by atoms with Crippen LogP contribution in [-0.4, -0.2) is 18.4 Å². The zero-order valence-electron chi connectivity index (χ0n) is 5.86. The zero-order valence-corrected chi connectivity index (χ0v) is 9.03. The lowest BCUT2D eigenvalue weighted by Gasteiger charge is -1.91. The van der Waals surface area contributed by atoms with E-state index in [1.54, 1.807) is 0 Å². The van der Waals surface area contributed by atoms with Crippen molar-refractivity contribution in [1.82, 2.24) is 0 Å². The van der Waals surface area contributed by atoms with Crippen LogP contribution in [0.5, 0.6) is 0 Å². The normalized spacial score (nSPS) is 9.91. The fraction of sp³-hybridized carbons (Fsp3) is 0.286. The summed E-state index contributed by atoms with van der Waals surface area (Å²) >= 11 is 6.12. The Hall–Kier alpha value is -0.270. The second kappa shape index (κ2) is 6.44. The van der Waals surface area contributed by atoms with Gasteiger partial charge in [-0.2, -0.15) is 0 Å². The Morgan fingerprint density at radius 1 is 1.73 bits per heavy atom. The number of ether oxygens (including phenoxy) is 1. The Morgan fingerprint density at radius 3 is 2.82 bits per heavy atom. The van der Waals surface area contributed by atoms with Crippen molar-refractivity contribution in [2.75, 3.05) is 12.4 Å². The summed E-state index contributed by atoms with van der Waals surface area (Å²) in [6.45, 7) is 0. The number of allylic oxidation sites excluding steroid dienone is 1. The van der Waals surface area contributed by atoms with Gasteiger partial charge in [0.15, 0.2) is 0 Å². The first kappa shape index (κ1) is 10.7. The molecule has 4 heteroatoms. The molecule has 0 aromatic carbocycles. The number of carbonyl (C=O) groups excluding carboxylic acids is 1. The predicted octanol–water partition coefficient (Wildman–Crippen LogP) is 1.84. The number of halogens is 2. The van der Waals surface area contributed by atoms with E-state index in [1.165, 1.54) is 13.2 Å². The summed E-state index contributed by atoms with van der Waals surface area (Å²) in [5.41, 5.74) is 0. The molecule has 0 amide bonds. The first-order chi connectivity index (χ1) is 5.22. The molecular formula is C7H6Br2O2. The van der Waals surface area contributed by atoms with E-state index < -0.39 is 5.97 Å². The van der Waals surface area contributed by atoms with E-state index in [0.29, 0.717) is 9.81 Å². The minimum atomic E-state index is -0.422. The highest BCUT2D eigenvalue weighted by atomic mass is 79.9. The minimum Gasteiger partial charge on any atom is -0.465 e. The molecule has 0 atom stereocenters. The van der Waals surface area contributed by atoms with Crippen LogP contribution in [0.3, 0.4) is 0 Å². The van der Waals surface area contributed by atoms with Crippen molar-refractivity contribution in [2.45, 2.75) is 0 Å². The summed E-state index contributed by atoms with van der Waals surface area (Å²) in [6.07, 6.45) is 1.45. The van der Waals surface area contributed by atoms with Gasteiger partial charge in [0.25, 0.3) is 0 Å². The molecule has 0 bridgehead atoms. The third-order valence-electron chi connectivity index (χ3n) is 0.748. The first-order valence-electron chi connectivity index (χ1n) is 2.70. The zero-order chi connectivity index (χ0) is 8.69. The van der Waals surface area contributed by atoms with Gasteiger partial charge in [-0.1, -0.05) is 27.8 Å². The fourth-order valence-electron chi connectivity index (χ4n) is 0.309. The number of hydrogen-bond donors (Lipinski definition) is 0. The SMILES string of the molecule is COC(=O)/C(Br)=C/C#CCBr. The smallest absolute Gasteiger partial charge is 0.345 e. The molecule has 0 heterocycles. The van der Waals surface area contributed by atoms with Crippen LogP contribution >= 0.6 is 31.9 Å². The maximum Gasteiger partial charge on any atom is 0.345 e. The van der Waals surface area contributed by atoms with E-state index in [-0.39, 0.29) is 0 Å². The van der Waals surface area contributed by atoms with Gasteiger partial charge in [-0.25, -0.2) is 4.79 Å². The van der Waals surface area contributed by atoms with Crippen molar-refractivity contribution in [2.24, 2.45) is 0 Å². The van der Waals surface area contributed by atoms with Crippen molar-refractivity contribution in [3.8, 4) is 11.8 Å². The van der Waals surface area contributed by atoms with Gasteiger partial charge < -0.3 is 4.74 Å². The molecule has 0 aromatic rings. The third-order valence-corrected chi connectivity index (χ3v) is 1.58. The van der Waals surface area contributed by atoms with Crippen LogP contribution in [0.2, 0.25) is 0 Å². The molecular weight excluding hydrogens is 276 g/mol. The van der Waals surface area contributed by atoms with Gasteiger partial charge in [-0.3, -0.25) is 0 Å². The molecule has 11 heavy (non-hydrogen) atoms. The summed E-state index contributed by atoms with van der Waals surface area (Å²) in [6, 6.07) is 0. The second-order valence-corrected chi connectivity index (χ2v) is 2.85. The molecule has 0 aliphatic rings. The van der Waals surface area contributed by atoms with E-state index in [1.807, 2.05) is 0 Å². The molecule has 0 saturated heterocycles. The van der Waals surface area contributed by atoms with Gasteiger partial charge in [0.1, 0.15) is 4.48 Å². The average Bonchev–Trinajstić information content (AvgIpc) is 2.03. The molecule has 0 aromatic heterocycles. The van der Waals surface area contributed by atoms with Gasteiger partial charge in [0, 0.05) is 6.08 Å². The second-order valence-electron chi connectivity index (χ2n) is 1.44. The Bertz CT molecular complexity index is 222. The van der Waals surface area contributed by atoms with E-state index in [9.17, 15) is 4.79 Å². The molecule has 0 aliphatic heterocycles. The van der Waals surface area contributed by atoms with E-state index >= 15 is 0 Å². The molecule has 0 aliphatic carbocycles. The lowest BCUT2D eigenvalue weighted by molar-refractivity contribution is -0.135. The number of hydrogen-bond acceptors (Lipinski definition) is 2. The summed E-state index contributed by atoms with van der Waals surface area (Å²) < 4.78 is 4.74. The van der Waals surface area contributed by atoms with Crippen molar-refractivity contribution in [3.05, 3.63) is 10.6 Å². The summed E-state index contributed by atoms with van der Waals surface area (Å²) in [5, 5.41) is 0.588. The molecule has 60 valence electrons. The monoisotopic (exact) mass is 280 g/mol. The van der Waals surface area contributed by atoms with Crippen LogP contribution in [0.15, 0.2) is 10.6 Å². The molecule has 0 unspecified atom stereocenters. The maximum atomic E-state index is 10.7. The third kappa shape index (κ3) is 5.05. The minimum absolute atomic E-state index is 0.327. The first-order valence-corrected chi connectivity index (χ1v) is 4.62. The molecule has 0 fully saturated rings. The highest BCUT2D eigenvalue weighted by molar-refractivity contribution is 9.12. The molecule has 2 nitrogen and oxygen atoms in total. The van der Waals surface area contributed by atoms with E-state index in [2.05, 4.69) is 48.4 Å². The van der Waals surface area contributed by atoms with Gasteiger partial charge in [-0.15, -0.1) is 0 Å². The maximum absolute atomic E-state index is 10.7. The van der Waals surface area contributed by atoms with Crippen LogP contribution in [-0.2, 0) is 9.53 Å². The van der Waals surface area contributed by atoms with Crippen molar-refractivity contribution in [3.63, 3.8) is 0 Å². The molecule has 0 N–H and O–H groups in total. The standard InChI is InChI=1S/C7H6Br2O2/c1-11-7(10)6(9)4-2-3-5-8/h4H,5H2,1H3/b6-4-. The highest BCUT2D eigenvalue weighted by Crippen LogP contribution is 2.04. The lowest BCUT2D eigenvalue weighted by Crippen LogP contribution is -1.98. The van der Waals surface area contributed by atoms with Gasteiger partial charge >= 0.3 is 5.97 Å². The topological polar surface area (TPSA) is 26.3 Å². The van der Waals surface area contributed by atoms with Crippen LogP contribution in [0.4, 0.5) is 0 Å². The van der Waals surface area contributed by atoms with E-state index in [4.69, 9.17) is 0 Å². The summed E-state index contributed by atoms with van der Waals surface area (Å²) in [4.78, 5) is 10.7. The van der Waals surface area contributed by atoms with Gasteiger partial charge in [0.2, 0.25) is 0 Å². The molecule has 0 rings (SSSR count). The number of methoxy groups -OCH3 is 1. The number of esters is 1. The fourth-order valence-corrected chi connectivity index (χ4v) is 0.748. The van der Waals surface area contributed by atoms with E-state index in [0.717, 1.165) is 0 Å². The van der Waals surface area contributed by atoms with Crippen molar-refractivity contribution < 1.29 is 9.53 Å². The summed E-state index contributed by atoms with van der Waals surface area (Å²) in [5.74, 6) is 4.93. The van der Waals surface area contributed by atoms with Crippen LogP contribution in [0.1, 0.15) is 0 Å². The van der Waals surface area contributed by atoms with Crippen LogP contribution in [0.25, 0.3) is 0 Å². The Labute approximate surface area is 82.2 Å². The quantitative estimate of drug-likeness (QED) is 0.317. The number of carbonyl (C=O) groups is 1. The highest BCUT2D eigenvalue weighted by Gasteiger charge is 2.01. The molecule has 0 spiro atoms. The lowest BCUT2D eigenvalue weighted by atomic mass is 10.5. The summed E-state index contributed by atoms with van der Waals surface area (Å²) in [7, 11) is 1.31. The van der Waals surface area contributed by atoms with Crippen LogP contribution in [0, 0.1) is 11.8 Å². The Kier molecular flexibility index (Phi) is 6.28. The van der Waals surface area contributed by atoms with Crippen LogP contribution < -0.4 is 0 Å². The average molecular weight is 282 g/mol. The number of alkyl halides is 1. The predicted molar refractivity (Wildman–Crippen MR) is 50.6 cm³/mol. The van der Waals surface area contributed by atoms with Crippen molar-refractivity contribution >= 4 is 37.8 Å².